The number of piperazine rings is 1. The second kappa shape index (κ2) is 7.06. The van der Waals surface area contributed by atoms with Crippen molar-refractivity contribution >= 4 is 11.3 Å². The molecular formula is C15H22N2OS. The minimum absolute atomic E-state index is 0.142. The summed E-state index contributed by atoms with van der Waals surface area (Å²) in [5, 5.41) is 10.8. The van der Waals surface area contributed by atoms with Gasteiger partial charge in [0.25, 0.3) is 0 Å². The van der Waals surface area contributed by atoms with Gasteiger partial charge in [-0.3, -0.25) is 4.90 Å². The second-order valence-electron chi connectivity index (χ2n) is 5.14. The molecule has 2 rings (SSSR count). The Morgan fingerprint density at radius 1 is 1.47 bits per heavy atom. The maximum absolute atomic E-state index is 8.70. The van der Waals surface area contributed by atoms with E-state index in [9.17, 15) is 0 Å². The van der Waals surface area contributed by atoms with Gasteiger partial charge in [-0.05, 0) is 20.0 Å². The lowest BCUT2D eigenvalue weighted by atomic mass is 10.2. The Morgan fingerprint density at radius 3 is 3.05 bits per heavy atom. The third-order valence-electron chi connectivity index (χ3n) is 3.55. The van der Waals surface area contributed by atoms with E-state index in [-0.39, 0.29) is 6.61 Å². The highest BCUT2D eigenvalue weighted by molar-refractivity contribution is 7.10. The van der Waals surface area contributed by atoms with Crippen LogP contribution in [-0.2, 0) is 6.54 Å². The fourth-order valence-corrected chi connectivity index (χ4v) is 3.09. The first-order valence-electron chi connectivity index (χ1n) is 6.79. The predicted molar refractivity (Wildman–Crippen MR) is 80.3 cm³/mol. The summed E-state index contributed by atoms with van der Waals surface area (Å²) in [4.78, 5) is 6.31. The summed E-state index contributed by atoms with van der Waals surface area (Å²) in [6.45, 7) is 6.89. The Labute approximate surface area is 119 Å². The first-order valence-corrected chi connectivity index (χ1v) is 7.66. The quantitative estimate of drug-likeness (QED) is 0.851. The largest absolute Gasteiger partial charge is 0.395 e. The molecule has 104 valence electrons. The van der Waals surface area contributed by atoms with Gasteiger partial charge in [-0.15, -0.1) is 11.3 Å². The average molecular weight is 278 g/mol. The number of nitrogens with zero attached hydrogens (tertiary/aromatic N) is 2. The molecule has 0 saturated carbocycles. The van der Waals surface area contributed by atoms with Crippen molar-refractivity contribution in [3.8, 4) is 11.8 Å². The maximum Gasteiger partial charge on any atom is 0.0540 e. The number of thiophene rings is 1. The molecule has 0 aliphatic carbocycles. The Hall–Kier alpha value is -0.860. The highest BCUT2D eigenvalue weighted by atomic mass is 32.1. The third kappa shape index (κ3) is 4.32. The van der Waals surface area contributed by atoms with E-state index in [1.165, 1.54) is 4.88 Å². The molecule has 0 amide bonds. The summed E-state index contributed by atoms with van der Waals surface area (Å²) < 4.78 is 0. The summed E-state index contributed by atoms with van der Waals surface area (Å²) in [6, 6.07) is 2.82. The minimum atomic E-state index is 0.142. The van der Waals surface area contributed by atoms with E-state index in [2.05, 4.69) is 47.1 Å². The molecule has 0 bridgehead atoms. The molecular weight excluding hydrogens is 256 g/mol. The van der Waals surface area contributed by atoms with Crippen LogP contribution < -0.4 is 0 Å². The fraction of sp³-hybridized carbons (Fsp3) is 0.600. The van der Waals surface area contributed by atoms with Crippen molar-refractivity contribution in [2.45, 2.75) is 25.9 Å². The molecule has 1 aliphatic rings. The van der Waals surface area contributed by atoms with Gasteiger partial charge >= 0.3 is 0 Å². The molecule has 1 atom stereocenters. The first-order chi connectivity index (χ1) is 9.19. The van der Waals surface area contributed by atoms with Crippen LogP contribution in [0.5, 0.6) is 0 Å². The van der Waals surface area contributed by atoms with Crippen LogP contribution in [-0.4, -0.2) is 54.2 Å². The topological polar surface area (TPSA) is 26.7 Å². The SMILES string of the molecule is CC1CN(Cc2cc(C#CCCO)cs2)CCN1C. The Bertz CT molecular complexity index is 460. The molecule has 1 aromatic heterocycles. The van der Waals surface area contributed by atoms with Crippen LogP contribution in [0.2, 0.25) is 0 Å². The molecule has 1 aromatic rings. The first kappa shape index (κ1) is 14.5. The van der Waals surface area contributed by atoms with Crippen LogP contribution in [0.1, 0.15) is 23.8 Å². The normalized spacial score (nSPS) is 21.1. The van der Waals surface area contributed by atoms with Gasteiger partial charge in [0.15, 0.2) is 0 Å². The standard InChI is InChI=1S/C15H22N2OS/c1-13-10-17(7-6-16(13)2)11-15-9-14(12-19-15)5-3-4-8-18/h9,12-13,18H,4,6-8,10-11H2,1-2H3. The summed E-state index contributed by atoms with van der Waals surface area (Å²) >= 11 is 1.78. The van der Waals surface area contributed by atoms with Gasteiger partial charge in [-0.25, -0.2) is 0 Å². The lowest BCUT2D eigenvalue weighted by Gasteiger charge is -2.37. The molecule has 19 heavy (non-hydrogen) atoms. The Morgan fingerprint density at radius 2 is 2.32 bits per heavy atom. The number of hydrogen-bond donors (Lipinski definition) is 1. The Kier molecular flexibility index (Phi) is 5.41. The van der Waals surface area contributed by atoms with Gasteiger partial charge < -0.3 is 10.0 Å². The smallest absolute Gasteiger partial charge is 0.0540 e. The number of likely N-dealkylation sites (N-methyl/N-ethyl adjacent to an activating group) is 1. The summed E-state index contributed by atoms with van der Waals surface area (Å²) in [7, 11) is 2.20. The zero-order chi connectivity index (χ0) is 13.7. The van der Waals surface area contributed by atoms with Crippen molar-refractivity contribution in [1.29, 1.82) is 0 Å². The van der Waals surface area contributed by atoms with Crippen LogP contribution in [0.4, 0.5) is 0 Å². The van der Waals surface area contributed by atoms with E-state index in [4.69, 9.17) is 5.11 Å². The molecule has 4 heteroatoms. The maximum atomic E-state index is 8.70. The van der Waals surface area contributed by atoms with E-state index in [1.807, 2.05) is 0 Å². The van der Waals surface area contributed by atoms with Gasteiger partial charge in [0, 0.05) is 54.5 Å². The van der Waals surface area contributed by atoms with E-state index < -0.39 is 0 Å². The lowest BCUT2D eigenvalue weighted by Crippen LogP contribution is -2.49. The Balaban J connectivity index is 1.88. The van der Waals surface area contributed by atoms with Crippen molar-refractivity contribution in [3.05, 3.63) is 21.9 Å². The van der Waals surface area contributed by atoms with Crippen LogP contribution in [0, 0.1) is 11.8 Å². The zero-order valence-electron chi connectivity index (χ0n) is 11.7. The van der Waals surface area contributed by atoms with Gasteiger partial charge in [0.2, 0.25) is 0 Å². The number of aliphatic hydroxyl groups excluding tert-OH is 1. The fourth-order valence-electron chi connectivity index (χ4n) is 2.24. The molecule has 1 fully saturated rings. The van der Waals surface area contributed by atoms with Crippen LogP contribution in [0.15, 0.2) is 11.4 Å². The van der Waals surface area contributed by atoms with Crippen molar-refractivity contribution in [2.24, 2.45) is 0 Å². The molecule has 0 radical (unpaired) electrons. The average Bonchev–Trinajstić information content (AvgIpc) is 2.82. The highest BCUT2D eigenvalue weighted by Crippen LogP contribution is 2.18. The molecule has 1 aliphatic heterocycles. The monoisotopic (exact) mass is 278 g/mol. The lowest BCUT2D eigenvalue weighted by molar-refractivity contribution is 0.101. The number of rotatable bonds is 3. The molecule has 2 heterocycles. The van der Waals surface area contributed by atoms with Gasteiger partial charge in [-0.1, -0.05) is 11.8 Å². The molecule has 0 aromatic carbocycles. The van der Waals surface area contributed by atoms with Gasteiger partial charge in [0.05, 0.1) is 6.61 Å². The van der Waals surface area contributed by atoms with Crippen LogP contribution >= 0.6 is 11.3 Å². The number of aliphatic hydroxyl groups is 1. The molecule has 3 nitrogen and oxygen atoms in total. The zero-order valence-corrected chi connectivity index (χ0v) is 12.5. The predicted octanol–water partition coefficient (Wildman–Crippen LogP) is 1.62. The molecule has 1 N–H and O–H groups in total. The minimum Gasteiger partial charge on any atom is -0.395 e. The van der Waals surface area contributed by atoms with E-state index in [0.717, 1.165) is 31.7 Å². The highest BCUT2D eigenvalue weighted by Gasteiger charge is 2.20. The summed E-state index contributed by atoms with van der Waals surface area (Å²) in [5.41, 5.74) is 1.08. The van der Waals surface area contributed by atoms with E-state index in [1.54, 1.807) is 11.3 Å². The number of hydrogen-bond acceptors (Lipinski definition) is 4. The van der Waals surface area contributed by atoms with E-state index in [0.29, 0.717) is 12.5 Å². The van der Waals surface area contributed by atoms with Crippen molar-refractivity contribution in [2.75, 3.05) is 33.3 Å². The summed E-state index contributed by atoms with van der Waals surface area (Å²) in [6.07, 6.45) is 0.557. The van der Waals surface area contributed by atoms with Crippen molar-refractivity contribution in [1.82, 2.24) is 9.80 Å². The third-order valence-corrected chi connectivity index (χ3v) is 4.47. The van der Waals surface area contributed by atoms with Gasteiger partial charge in [0.1, 0.15) is 0 Å². The molecule has 1 unspecified atom stereocenters. The second-order valence-corrected chi connectivity index (χ2v) is 6.14. The van der Waals surface area contributed by atoms with Crippen LogP contribution in [0.25, 0.3) is 0 Å². The van der Waals surface area contributed by atoms with Gasteiger partial charge in [-0.2, -0.15) is 0 Å². The summed E-state index contributed by atoms with van der Waals surface area (Å²) in [5.74, 6) is 6.06. The van der Waals surface area contributed by atoms with E-state index >= 15 is 0 Å². The van der Waals surface area contributed by atoms with Crippen molar-refractivity contribution < 1.29 is 5.11 Å². The molecule has 1 saturated heterocycles. The van der Waals surface area contributed by atoms with Crippen LogP contribution in [0.3, 0.4) is 0 Å². The molecule has 0 spiro atoms. The van der Waals surface area contributed by atoms with Crippen molar-refractivity contribution in [3.63, 3.8) is 0 Å².